The Morgan fingerprint density at radius 2 is 2.21 bits per heavy atom. The lowest BCUT2D eigenvalue weighted by molar-refractivity contribution is -0.117. The first kappa shape index (κ1) is 11.3. The summed E-state index contributed by atoms with van der Waals surface area (Å²) in [6.07, 6.45) is 0.329. The maximum absolute atomic E-state index is 10.8. The Bertz CT molecular complexity index is 313. The van der Waals surface area contributed by atoms with E-state index in [9.17, 15) is 4.79 Å². The van der Waals surface area contributed by atoms with Crippen LogP contribution in [0.25, 0.3) is 0 Å². The lowest BCUT2D eigenvalue weighted by Gasteiger charge is -2.04. The van der Waals surface area contributed by atoms with Crippen LogP contribution in [-0.4, -0.2) is 18.3 Å². The molecule has 0 N–H and O–H groups in total. The molecule has 76 valence electrons. The van der Waals surface area contributed by atoms with Gasteiger partial charge in [-0.05, 0) is 18.2 Å². The number of hydrogen-bond acceptors (Lipinski definition) is 2. The Morgan fingerprint density at radius 3 is 2.86 bits per heavy atom. The standard InChI is InChI=1S/C10H10Cl2O2/c11-7-9(13)4-5-14-10-3-1-2-8(12)6-10/h1-3,6H,4-5,7H2. The molecule has 0 fully saturated rings. The zero-order valence-electron chi connectivity index (χ0n) is 7.50. The number of rotatable bonds is 5. The predicted octanol–water partition coefficient (Wildman–Crippen LogP) is 2.92. The summed E-state index contributed by atoms with van der Waals surface area (Å²) in [5.41, 5.74) is 0. The lowest BCUT2D eigenvalue weighted by atomic mass is 10.3. The van der Waals surface area contributed by atoms with E-state index in [-0.39, 0.29) is 11.7 Å². The summed E-state index contributed by atoms with van der Waals surface area (Å²) < 4.78 is 5.30. The maximum atomic E-state index is 10.8. The highest BCUT2D eigenvalue weighted by atomic mass is 35.5. The summed E-state index contributed by atoms with van der Waals surface area (Å²) in [7, 11) is 0. The summed E-state index contributed by atoms with van der Waals surface area (Å²) in [6, 6.07) is 7.04. The molecule has 0 aliphatic rings. The van der Waals surface area contributed by atoms with Crippen molar-refractivity contribution < 1.29 is 9.53 Å². The van der Waals surface area contributed by atoms with E-state index in [4.69, 9.17) is 27.9 Å². The number of alkyl halides is 1. The van der Waals surface area contributed by atoms with Gasteiger partial charge in [0.2, 0.25) is 0 Å². The van der Waals surface area contributed by atoms with Gasteiger partial charge in [-0.3, -0.25) is 4.79 Å². The molecule has 0 spiro atoms. The minimum absolute atomic E-state index is 0.0197. The zero-order chi connectivity index (χ0) is 10.4. The highest BCUT2D eigenvalue weighted by Gasteiger charge is 2.00. The third kappa shape index (κ3) is 3.99. The van der Waals surface area contributed by atoms with E-state index in [1.807, 2.05) is 0 Å². The molecule has 0 saturated heterocycles. The van der Waals surface area contributed by atoms with Gasteiger partial charge in [0, 0.05) is 11.4 Å². The number of carbonyl (C=O) groups is 1. The summed E-state index contributed by atoms with van der Waals surface area (Å²) in [5.74, 6) is 0.687. The van der Waals surface area contributed by atoms with Crippen LogP contribution in [0.4, 0.5) is 0 Å². The van der Waals surface area contributed by atoms with E-state index in [0.29, 0.717) is 23.8 Å². The minimum Gasteiger partial charge on any atom is -0.493 e. The van der Waals surface area contributed by atoms with Crippen molar-refractivity contribution in [3.63, 3.8) is 0 Å². The summed E-state index contributed by atoms with van der Waals surface area (Å²) in [6.45, 7) is 0.339. The second kappa shape index (κ2) is 5.89. The molecule has 0 radical (unpaired) electrons. The Morgan fingerprint density at radius 1 is 1.43 bits per heavy atom. The molecule has 0 unspecified atom stereocenters. The minimum atomic E-state index is -0.0197. The number of halogens is 2. The maximum Gasteiger partial charge on any atom is 0.150 e. The average molecular weight is 233 g/mol. The van der Waals surface area contributed by atoms with E-state index in [1.165, 1.54) is 0 Å². The zero-order valence-corrected chi connectivity index (χ0v) is 9.02. The Kier molecular flexibility index (Phi) is 4.77. The van der Waals surface area contributed by atoms with Crippen molar-refractivity contribution in [2.45, 2.75) is 6.42 Å². The number of ether oxygens (including phenoxy) is 1. The summed E-state index contributed by atoms with van der Waals surface area (Å²) in [5, 5.41) is 0.617. The quantitative estimate of drug-likeness (QED) is 0.731. The molecular weight excluding hydrogens is 223 g/mol. The van der Waals surface area contributed by atoms with E-state index in [1.54, 1.807) is 24.3 Å². The molecule has 0 saturated carbocycles. The predicted molar refractivity (Wildman–Crippen MR) is 57.3 cm³/mol. The normalized spacial score (nSPS) is 9.86. The van der Waals surface area contributed by atoms with Crippen LogP contribution in [0, 0.1) is 0 Å². The molecule has 0 amide bonds. The topological polar surface area (TPSA) is 26.3 Å². The van der Waals surface area contributed by atoms with E-state index >= 15 is 0 Å². The van der Waals surface area contributed by atoms with Crippen molar-refractivity contribution in [2.24, 2.45) is 0 Å². The van der Waals surface area contributed by atoms with Gasteiger partial charge in [0.15, 0.2) is 5.78 Å². The van der Waals surface area contributed by atoms with Crippen LogP contribution in [0.1, 0.15) is 6.42 Å². The second-order valence-electron chi connectivity index (χ2n) is 2.73. The van der Waals surface area contributed by atoms with E-state index in [0.717, 1.165) is 0 Å². The number of Topliss-reactive ketones (excluding diaryl/α,β-unsaturated/α-hetero) is 1. The van der Waals surface area contributed by atoms with Crippen molar-refractivity contribution in [2.75, 3.05) is 12.5 Å². The van der Waals surface area contributed by atoms with Gasteiger partial charge in [-0.2, -0.15) is 0 Å². The second-order valence-corrected chi connectivity index (χ2v) is 3.43. The SMILES string of the molecule is O=C(CCl)CCOc1cccc(Cl)c1. The van der Waals surface area contributed by atoms with Crippen molar-refractivity contribution in [1.29, 1.82) is 0 Å². The van der Waals surface area contributed by atoms with Crippen LogP contribution < -0.4 is 4.74 Å². The molecule has 0 aromatic heterocycles. The van der Waals surface area contributed by atoms with Gasteiger partial charge in [0.25, 0.3) is 0 Å². The Hall–Kier alpha value is -0.730. The van der Waals surface area contributed by atoms with Crippen LogP contribution in [0.3, 0.4) is 0 Å². The molecule has 0 bridgehead atoms. The highest BCUT2D eigenvalue weighted by Crippen LogP contribution is 2.17. The first-order chi connectivity index (χ1) is 6.72. The molecule has 0 atom stereocenters. The lowest BCUT2D eigenvalue weighted by Crippen LogP contribution is -2.06. The van der Waals surface area contributed by atoms with Gasteiger partial charge in [-0.1, -0.05) is 17.7 Å². The Labute approximate surface area is 92.8 Å². The van der Waals surface area contributed by atoms with Gasteiger partial charge in [-0.25, -0.2) is 0 Å². The van der Waals surface area contributed by atoms with Crippen LogP contribution in [0.15, 0.2) is 24.3 Å². The fourth-order valence-corrected chi connectivity index (χ4v) is 1.22. The Balaban J connectivity index is 2.35. The first-order valence-electron chi connectivity index (χ1n) is 4.18. The monoisotopic (exact) mass is 232 g/mol. The third-order valence-electron chi connectivity index (χ3n) is 1.59. The molecule has 0 aliphatic heterocycles. The van der Waals surface area contributed by atoms with Crippen molar-refractivity contribution in [3.05, 3.63) is 29.3 Å². The molecule has 0 aliphatic carbocycles. The van der Waals surface area contributed by atoms with Gasteiger partial charge >= 0.3 is 0 Å². The smallest absolute Gasteiger partial charge is 0.150 e. The van der Waals surface area contributed by atoms with E-state index < -0.39 is 0 Å². The molecular formula is C10H10Cl2O2. The van der Waals surface area contributed by atoms with Gasteiger partial charge in [-0.15, -0.1) is 11.6 Å². The van der Waals surface area contributed by atoms with Crippen molar-refractivity contribution >= 4 is 29.0 Å². The molecule has 14 heavy (non-hydrogen) atoms. The largest absolute Gasteiger partial charge is 0.493 e. The fourth-order valence-electron chi connectivity index (χ4n) is 0.906. The van der Waals surface area contributed by atoms with Crippen molar-refractivity contribution in [1.82, 2.24) is 0 Å². The number of hydrogen-bond donors (Lipinski definition) is 0. The molecule has 4 heteroatoms. The molecule has 2 nitrogen and oxygen atoms in total. The molecule has 0 heterocycles. The van der Waals surface area contributed by atoms with Gasteiger partial charge in [0.1, 0.15) is 5.75 Å². The number of benzene rings is 1. The number of ketones is 1. The van der Waals surface area contributed by atoms with Crippen LogP contribution in [0.2, 0.25) is 5.02 Å². The average Bonchev–Trinajstić information content (AvgIpc) is 2.17. The molecule has 1 aromatic carbocycles. The number of carbonyl (C=O) groups excluding carboxylic acids is 1. The van der Waals surface area contributed by atoms with Gasteiger partial charge in [0.05, 0.1) is 12.5 Å². The molecule has 1 aromatic rings. The third-order valence-corrected chi connectivity index (χ3v) is 2.13. The summed E-state index contributed by atoms with van der Waals surface area (Å²) >= 11 is 11.1. The summed E-state index contributed by atoms with van der Waals surface area (Å²) in [4.78, 5) is 10.8. The molecule has 1 rings (SSSR count). The van der Waals surface area contributed by atoms with Crippen LogP contribution in [0.5, 0.6) is 5.75 Å². The van der Waals surface area contributed by atoms with Gasteiger partial charge < -0.3 is 4.74 Å². The van der Waals surface area contributed by atoms with E-state index in [2.05, 4.69) is 0 Å². The van der Waals surface area contributed by atoms with Crippen LogP contribution in [-0.2, 0) is 4.79 Å². The van der Waals surface area contributed by atoms with Crippen LogP contribution >= 0.6 is 23.2 Å². The first-order valence-corrected chi connectivity index (χ1v) is 5.09. The highest BCUT2D eigenvalue weighted by molar-refractivity contribution is 6.30. The van der Waals surface area contributed by atoms with Crippen molar-refractivity contribution in [3.8, 4) is 5.75 Å². The fraction of sp³-hybridized carbons (Fsp3) is 0.300.